The molecule has 0 bridgehead atoms. The Bertz CT molecular complexity index is 643. The summed E-state index contributed by atoms with van der Waals surface area (Å²) in [7, 11) is 0. The molecule has 2 amide bonds. The van der Waals surface area contributed by atoms with Crippen molar-refractivity contribution in [2.24, 2.45) is 0 Å². The van der Waals surface area contributed by atoms with Crippen LogP contribution in [0.5, 0.6) is 0 Å². The van der Waals surface area contributed by atoms with E-state index in [-0.39, 0.29) is 24.9 Å². The van der Waals surface area contributed by atoms with Crippen LogP contribution in [0.3, 0.4) is 0 Å². The van der Waals surface area contributed by atoms with Crippen molar-refractivity contribution in [1.29, 1.82) is 0 Å². The van der Waals surface area contributed by atoms with Crippen molar-refractivity contribution in [3.8, 4) is 0 Å². The van der Waals surface area contributed by atoms with Gasteiger partial charge in [0.05, 0.1) is 6.10 Å². The molecule has 0 aromatic heterocycles. The quantitative estimate of drug-likeness (QED) is 0.528. The SMILES string of the molecule is O=C(CCCc1ccccc1)NCC(O)CNC(=O)CCCc1ccccc1. The third-order valence-corrected chi connectivity index (χ3v) is 4.49. The zero-order chi connectivity index (χ0) is 20.0. The van der Waals surface area contributed by atoms with Gasteiger partial charge in [-0.25, -0.2) is 0 Å². The second-order valence-electron chi connectivity index (χ2n) is 6.94. The molecule has 0 saturated heterocycles. The van der Waals surface area contributed by atoms with Gasteiger partial charge in [0, 0.05) is 25.9 Å². The van der Waals surface area contributed by atoms with Crippen LogP contribution in [0.1, 0.15) is 36.8 Å². The zero-order valence-electron chi connectivity index (χ0n) is 16.3. The first-order chi connectivity index (χ1) is 13.6. The molecule has 5 nitrogen and oxygen atoms in total. The smallest absolute Gasteiger partial charge is 0.220 e. The fourth-order valence-corrected chi connectivity index (χ4v) is 2.91. The summed E-state index contributed by atoms with van der Waals surface area (Å²) in [5.74, 6) is -0.159. The van der Waals surface area contributed by atoms with E-state index in [0.29, 0.717) is 12.8 Å². The molecule has 0 heterocycles. The summed E-state index contributed by atoms with van der Waals surface area (Å²) >= 11 is 0. The molecule has 5 heteroatoms. The Morgan fingerprint density at radius 2 is 1.11 bits per heavy atom. The number of amides is 2. The lowest BCUT2D eigenvalue weighted by molar-refractivity contribution is -0.121. The van der Waals surface area contributed by atoms with Crippen LogP contribution in [0.2, 0.25) is 0 Å². The van der Waals surface area contributed by atoms with E-state index in [1.165, 1.54) is 11.1 Å². The fourth-order valence-electron chi connectivity index (χ4n) is 2.91. The topological polar surface area (TPSA) is 78.4 Å². The Hall–Kier alpha value is -2.66. The molecule has 0 aliphatic rings. The summed E-state index contributed by atoms with van der Waals surface area (Å²) in [6.07, 6.45) is 3.32. The van der Waals surface area contributed by atoms with Crippen LogP contribution in [0.25, 0.3) is 0 Å². The van der Waals surface area contributed by atoms with Gasteiger partial charge < -0.3 is 15.7 Å². The summed E-state index contributed by atoms with van der Waals surface area (Å²) < 4.78 is 0. The van der Waals surface area contributed by atoms with Gasteiger partial charge in [-0.05, 0) is 36.8 Å². The van der Waals surface area contributed by atoms with Gasteiger partial charge in [-0.2, -0.15) is 0 Å². The molecule has 0 unspecified atom stereocenters. The molecule has 0 fully saturated rings. The van der Waals surface area contributed by atoms with E-state index in [0.717, 1.165) is 25.7 Å². The van der Waals surface area contributed by atoms with Gasteiger partial charge in [0.25, 0.3) is 0 Å². The van der Waals surface area contributed by atoms with Crippen LogP contribution in [-0.2, 0) is 22.4 Å². The second kappa shape index (κ2) is 12.7. The molecular weight excluding hydrogens is 352 g/mol. The summed E-state index contributed by atoms with van der Waals surface area (Å²) in [5.41, 5.74) is 2.43. The van der Waals surface area contributed by atoms with Gasteiger partial charge in [-0.15, -0.1) is 0 Å². The number of aryl methyl sites for hydroxylation is 2. The van der Waals surface area contributed by atoms with E-state index in [2.05, 4.69) is 10.6 Å². The summed E-state index contributed by atoms with van der Waals surface area (Å²) in [4.78, 5) is 23.7. The molecule has 0 aliphatic heterocycles. The van der Waals surface area contributed by atoms with E-state index in [4.69, 9.17) is 0 Å². The lowest BCUT2D eigenvalue weighted by Gasteiger charge is -2.13. The molecular formula is C23H30N2O3. The van der Waals surface area contributed by atoms with Gasteiger partial charge in [0.15, 0.2) is 0 Å². The predicted octanol–water partition coefficient (Wildman–Crippen LogP) is 2.63. The minimum Gasteiger partial charge on any atom is -0.389 e. The largest absolute Gasteiger partial charge is 0.389 e. The molecule has 28 heavy (non-hydrogen) atoms. The number of hydrogen-bond acceptors (Lipinski definition) is 3. The van der Waals surface area contributed by atoms with Gasteiger partial charge in [-0.1, -0.05) is 60.7 Å². The van der Waals surface area contributed by atoms with Crippen LogP contribution in [0.15, 0.2) is 60.7 Å². The summed E-state index contributed by atoms with van der Waals surface area (Å²) in [6, 6.07) is 20.1. The molecule has 2 rings (SSSR count). The molecule has 2 aromatic carbocycles. The van der Waals surface area contributed by atoms with E-state index in [1.54, 1.807) is 0 Å². The Labute approximate surface area is 167 Å². The number of carbonyl (C=O) groups excluding carboxylic acids is 2. The Balaban J connectivity index is 1.49. The number of hydrogen-bond donors (Lipinski definition) is 3. The molecule has 150 valence electrons. The minimum atomic E-state index is -0.781. The third kappa shape index (κ3) is 9.33. The minimum absolute atomic E-state index is 0.0795. The van der Waals surface area contributed by atoms with Gasteiger partial charge in [0.1, 0.15) is 0 Å². The maximum Gasteiger partial charge on any atom is 0.220 e. The van der Waals surface area contributed by atoms with E-state index in [9.17, 15) is 14.7 Å². The zero-order valence-corrected chi connectivity index (χ0v) is 16.3. The Morgan fingerprint density at radius 3 is 1.50 bits per heavy atom. The van der Waals surface area contributed by atoms with Crippen molar-refractivity contribution in [3.63, 3.8) is 0 Å². The van der Waals surface area contributed by atoms with Gasteiger partial charge in [0.2, 0.25) is 11.8 Å². The van der Waals surface area contributed by atoms with E-state index in [1.807, 2.05) is 60.7 Å². The molecule has 0 saturated carbocycles. The van der Waals surface area contributed by atoms with Crippen molar-refractivity contribution in [1.82, 2.24) is 10.6 Å². The Kier molecular flexibility index (Phi) is 9.80. The average molecular weight is 383 g/mol. The van der Waals surface area contributed by atoms with Crippen molar-refractivity contribution in [3.05, 3.63) is 71.8 Å². The second-order valence-corrected chi connectivity index (χ2v) is 6.94. The Morgan fingerprint density at radius 1 is 0.714 bits per heavy atom. The first-order valence-electron chi connectivity index (χ1n) is 9.93. The number of rotatable bonds is 12. The van der Waals surface area contributed by atoms with Gasteiger partial charge in [-0.3, -0.25) is 9.59 Å². The molecule has 3 N–H and O–H groups in total. The maximum atomic E-state index is 11.8. The maximum absolute atomic E-state index is 11.8. The normalized spacial score (nSPS) is 10.6. The summed E-state index contributed by atoms with van der Waals surface area (Å²) in [5, 5.41) is 15.4. The van der Waals surface area contributed by atoms with Crippen molar-refractivity contribution in [2.45, 2.75) is 44.6 Å². The standard InChI is InChI=1S/C23H30N2O3/c26-21(17-24-22(27)15-7-13-19-9-3-1-4-10-19)18-25-23(28)16-8-14-20-11-5-2-6-12-20/h1-6,9-12,21,26H,7-8,13-18H2,(H,24,27)(H,25,28). The van der Waals surface area contributed by atoms with Crippen LogP contribution in [0.4, 0.5) is 0 Å². The van der Waals surface area contributed by atoms with Crippen LogP contribution in [0, 0.1) is 0 Å². The van der Waals surface area contributed by atoms with Gasteiger partial charge >= 0.3 is 0 Å². The fraction of sp³-hybridized carbons (Fsp3) is 0.391. The lowest BCUT2D eigenvalue weighted by atomic mass is 10.1. The lowest BCUT2D eigenvalue weighted by Crippen LogP contribution is -2.39. The van der Waals surface area contributed by atoms with Crippen molar-refractivity contribution < 1.29 is 14.7 Å². The molecule has 0 atom stereocenters. The molecule has 0 spiro atoms. The highest BCUT2D eigenvalue weighted by molar-refractivity contribution is 5.76. The number of nitrogens with one attached hydrogen (secondary N) is 2. The monoisotopic (exact) mass is 382 g/mol. The molecule has 2 aromatic rings. The number of benzene rings is 2. The first-order valence-corrected chi connectivity index (χ1v) is 9.93. The predicted molar refractivity (Wildman–Crippen MR) is 111 cm³/mol. The van der Waals surface area contributed by atoms with Crippen molar-refractivity contribution >= 4 is 11.8 Å². The average Bonchev–Trinajstić information content (AvgIpc) is 2.72. The number of carbonyl (C=O) groups is 2. The third-order valence-electron chi connectivity index (χ3n) is 4.49. The highest BCUT2D eigenvalue weighted by Crippen LogP contribution is 2.05. The number of aliphatic hydroxyl groups excluding tert-OH is 1. The highest BCUT2D eigenvalue weighted by Gasteiger charge is 2.09. The van der Waals surface area contributed by atoms with Crippen LogP contribution in [-0.4, -0.2) is 36.1 Å². The first kappa shape index (κ1) is 21.6. The molecule has 0 radical (unpaired) electrons. The molecule has 0 aliphatic carbocycles. The number of aliphatic hydroxyl groups is 1. The van der Waals surface area contributed by atoms with E-state index < -0.39 is 6.10 Å². The van der Waals surface area contributed by atoms with Crippen molar-refractivity contribution in [2.75, 3.05) is 13.1 Å². The summed E-state index contributed by atoms with van der Waals surface area (Å²) in [6.45, 7) is 0.295. The highest BCUT2D eigenvalue weighted by atomic mass is 16.3. The van der Waals surface area contributed by atoms with E-state index >= 15 is 0 Å². The van der Waals surface area contributed by atoms with Crippen LogP contribution < -0.4 is 10.6 Å². The van der Waals surface area contributed by atoms with Crippen LogP contribution >= 0.6 is 0 Å².